The highest BCUT2D eigenvalue weighted by atomic mass is 15.3. The standard InChI is InChI=1S/C15H31N3/c1-13(2)17-10-8-16(9-11-17)6-5-7-18-12-14(3)15(18)4/h13-15H,5-12H2,1-4H3/t14-,15+/m1/s1. The van der Waals surface area contributed by atoms with Crippen LogP contribution in [-0.4, -0.2) is 72.6 Å². The SMILES string of the molecule is CC(C)N1CCN(CCCN2C[C@@H](C)[C@@H]2C)CC1. The molecule has 2 atom stereocenters. The van der Waals surface area contributed by atoms with Crippen LogP contribution >= 0.6 is 0 Å². The zero-order valence-corrected chi connectivity index (χ0v) is 12.7. The zero-order chi connectivity index (χ0) is 13.1. The highest BCUT2D eigenvalue weighted by Gasteiger charge is 2.30. The molecule has 0 aromatic heterocycles. The van der Waals surface area contributed by atoms with Gasteiger partial charge in [0.2, 0.25) is 0 Å². The summed E-state index contributed by atoms with van der Waals surface area (Å²) >= 11 is 0. The number of rotatable bonds is 5. The van der Waals surface area contributed by atoms with Crippen LogP contribution in [0.2, 0.25) is 0 Å². The van der Waals surface area contributed by atoms with E-state index in [-0.39, 0.29) is 0 Å². The van der Waals surface area contributed by atoms with E-state index < -0.39 is 0 Å². The second-order valence-electron chi connectivity index (χ2n) is 6.54. The average Bonchev–Trinajstić information content (AvgIpc) is 2.38. The summed E-state index contributed by atoms with van der Waals surface area (Å²) in [5.74, 6) is 0.916. The molecule has 0 N–H and O–H groups in total. The van der Waals surface area contributed by atoms with Gasteiger partial charge in [-0.15, -0.1) is 0 Å². The number of nitrogens with zero attached hydrogens (tertiary/aromatic N) is 3. The summed E-state index contributed by atoms with van der Waals surface area (Å²) < 4.78 is 0. The lowest BCUT2D eigenvalue weighted by Crippen LogP contribution is -2.54. The quantitative estimate of drug-likeness (QED) is 0.739. The number of hydrogen-bond acceptors (Lipinski definition) is 3. The van der Waals surface area contributed by atoms with Gasteiger partial charge < -0.3 is 4.90 Å². The van der Waals surface area contributed by atoms with Gasteiger partial charge in [-0.2, -0.15) is 0 Å². The van der Waals surface area contributed by atoms with Gasteiger partial charge in [-0.1, -0.05) is 6.92 Å². The van der Waals surface area contributed by atoms with Gasteiger partial charge in [-0.3, -0.25) is 9.80 Å². The number of likely N-dealkylation sites (tertiary alicyclic amines) is 1. The monoisotopic (exact) mass is 253 g/mol. The summed E-state index contributed by atoms with van der Waals surface area (Å²) in [7, 11) is 0. The summed E-state index contributed by atoms with van der Waals surface area (Å²) in [6.45, 7) is 18.3. The van der Waals surface area contributed by atoms with Crippen molar-refractivity contribution < 1.29 is 0 Å². The van der Waals surface area contributed by atoms with Gasteiger partial charge in [0.05, 0.1) is 0 Å². The molecule has 2 aliphatic heterocycles. The van der Waals surface area contributed by atoms with Gasteiger partial charge in [-0.05, 0) is 46.2 Å². The minimum Gasteiger partial charge on any atom is -0.301 e. The first-order valence-corrected chi connectivity index (χ1v) is 7.78. The second kappa shape index (κ2) is 6.36. The van der Waals surface area contributed by atoms with Crippen LogP contribution < -0.4 is 0 Å². The lowest BCUT2D eigenvalue weighted by atomic mass is 9.92. The molecule has 2 aliphatic rings. The summed E-state index contributed by atoms with van der Waals surface area (Å²) in [6, 6.07) is 1.54. The highest BCUT2D eigenvalue weighted by molar-refractivity contribution is 4.85. The Balaban J connectivity index is 1.56. The van der Waals surface area contributed by atoms with Crippen LogP contribution in [0.25, 0.3) is 0 Å². The largest absolute Gasteiger partial charge is 0.301 e. The third-order valence-corrected chi connectivity index (χ3v) is 4.98. The predicted octanol–water partition coefficient (Wildman–Crippen LogP) is 1.74. The molecule has 0 unspecified atom stereocenters. The molecule has 2 fully saturated rings. The van der Waals surface area contributed by atoms with E-state index in [0.29, 0.717) is 0 Å². The third kappa shape index (κ3) is 3.46. The Hall–Kier alpha value is -0.120. The molecular formula is C15H31N3. The van der Waals surface area contributed by atoms with E-state index >= 15 is 0 Å². The van der Waals surface area contributed by atoms with Crippen LogP contribution in [0.3, 0.4) is 0 Å². The Morgan fingerprint density at radius 3 is 2.17 bits per heavy atom. The normalized spacial score (nSPS) is 31.8. The van der Waals surface area contributed by atoms with Gasteiger partial charge in [0.1, 0.15) is 0 Å². The van der Waals surface area contributed by atoms with Crippen molar-refractivity contribution in [2.24, 2.45) is 5.92 Å². The van der Waals surface area contributed by atoms with E-state index in [1.807, 2.05) is 0 Å². The molecule has 3 nitrogen and oxygen atoms in total. The summed E-state index contributed by atoms with van der Waals surface area (Å²) in [5, 5.41) is 0. The summed E-state index contributed by atoms with van der Waals surface area (Å²) in [5.41, 5.74) is 0. The first-order valence-electron chi connectivity index (χ1n) is 7.78. The van der Waals surface area contributed by atoms with Crippen molar-refractivity contribution in [2.75, 3.05) is 45.8 Å². The number of piperazine rings is 1. The van der Waals surface area contributed by atoms with Gasteiger partial charge >= 0.3 is 0 Å². The van der Waals surface area contributed by atoms with Crippen LogP contribution in [0, 0.1) is 5.92 Å². The molecule has 106 valence electrons. The molecule has 0 bridgehead atoms. The summed E-state index contributed by atoms with van der Waals surface area (Å²) in [6.07, 6.45) is 1.35. The first kappa shape index (κ1) is 14.3. The second-order valence-corrected chi connectivity index (χ2v) is 6.54. The maximum Gasteiger partial charge on any atom is 0.0113 e. The Morgan fingerprint density at radius 2 is 1.67 bits per heavy atom. The molecule has 0 aliphatic carbocycles. The van der Waals surface area contributed by atoms with E-state index in [0.717, 1.165) is 18.0 Å². The minimum absolute atomic E-state index is 0.718. The average molecular weight is 253 g/mol. The lowest BCUT2D eigenvalue weighted by molar-refractivity contribution is 0.0320. The van der Waals surface area contributed by atoms with Crippen molar-refractivity contribution in [2.45, 2.75) is 46.2 Å². The molecule has 0 spiro atoms. The Bertz CT molecular complexity index is 246. The Kier molecular flexibility index (Phi) is 5.05. The van der Waals surface area contributed by atoms with Crippen LogP contribution in [0.1, 0.15) is 34.1 Å². The maximum absolute atomic E-state index is 2.65. The molecule has 3 heteroatoms. The van der Waals surface area contributed by atoms with E-state index in [4.69, 9.17) is 0 Å². The third-order valence-electron chi connectivity index (χ3n) is 4.98. The van der Waals surface area contributed by atoms with Gasteiger partial charge in [0, 0.05) is 44.8 Å². The Morgan fingerprint density at radius 1 is 1.00 bits per heavy atom. The van der Waals surface area contributed by atoms with Crippen molar-refractivity contribution in [1.29, 1.82) is 0 Å². The van der Waals surface area contributed by atoms with Gasteiger partial charge in [-0.25, -0.2) is 0 Å². The fourth-order valence-corrected chi connectivity index (χ4v) is 3.21. The zero-order valence-electron chi connectivity index (χ0n) is 12.7. The van der Waals surface area contributed by atoms with E-state index in [9.17, 15) is 0 Å². The minimum atomic E-state index is 0.718. The maximum atomic E-state index is 2.65. The molecule has 0 radical (unpaired) electrons. The molecule has 2 saturated heterocycles. The molecular weight excluding hydrogens is 222 g/mol. The fraction of sp³-hybridized carbons (Fsp3) is 1.00. The van der Waals surface area contributed by atoms with Crippen molar-refractivity contribution >= 4 is 0 Å². The smallest absolute Gasteiger partial charge is 0.0113 e. The van der Waals surface area contributed by atoms with Gasteiger partial charge in [0.25, 0.3) is 0 Å². The molecule has 0 aromatic carbocycles. The van der Waals surface area contributed by atoms with Crippen molar-refractivity contribution in [3.63, 3.8) is 0 Å². The van der Waals surface area contributed by atoms with Crippen LogP contribution in [0.15, 0.2) is 0 Å². The molecule has 0 amide bonds. The van der Waals surface area contributed by atoms with Crippen LogP contribution in [0.4, 0.5) is 0 Å². The van der Waals surface area contributed by atoms with Crippen LogP contribution in [0.5, 0.6) is 0 Å². The highest BCUT2D eigenvalue weighted by Crippen LogP contribution is 2.23. The van der Waals surface area contributed by atoms with E-state index in [2.05, 4.69) is 42.4 Å². The Labute approximate surface area is 113 Å². The first-order chi connectivity index (χ1) is 8.58. The molecule has 18 heavy (non-hydrogen) atoms. The topological polar surface area (TPSA) is 9.72 Å². The van der Waals surface area contributed by atoms with Crippen molar-refractivity contribution in [3.05, 3.63) is 0 Å². The predicted molar refractivity (Wildman–Crippen MR) is 78.0 cm³/mol. The lowest BCUT2D eigenvalue weighted by Gasteiger charge is -2.45. The fourth-order valence-electron chi connectivity index (χ4n) is 3.21. The van der Waals surface area contributed by atoms with Crippen LogP contribution in [-0.2, 0) is 0 Å². The van der Waals surface area contributed by atoms with Crippen molar-refractivity contribution in [1.82, 2.24) is 14.7 Å². The molecule has 2 rings (SSSR count). The molecule has 0 saturated carbocycles. The summed E-state index contributed by atoms with van der Waals surface area (Å²) in [4.78, 5) is 7.87. The van der Waals surface area contributed by atoms with Gasteiger partial charge in [0.15, 0.2) is 0 Å². The van der Waals surface area contributed by atoms with E-state index in [1.165, 1.54) is 52.2 Å². The van der Waals surface area contributed by atoms with E-state index in [1.54, 1.807) is 0 Å². The van der Waals surface area contributed by atoms with Crippen molar-refractivity contribution in [3.8, 4) is 0 Å². The molecule has 0 aromatic rings. The molecule has 2 heterocycles. The number of hydrogen-bond donors (Lipinski definition) is 0.